The van der Waals surface area contributed by atoms with E-state index in [0.717, 1.165) is 21.7 Å². The molecular weight excluding hydrogens is 324 g/mol. The van der Waals surface area contributed by atoms with Crippen LogP contribution in [-0.4, -0.2) is 39.1 Å². The molecule has 0 saturated heterocycles. The highest BCUT2D eigenvalue weighted by Gasteiger charge is 2.23. The number of nitrogens with zero attached hydrogens (tertiary/aromatic N) is 2. The van der Waals surface area contributed by atoms with Crippen molar-refractivity contribution in [2.75, 3.05) is 24.2 Å². The minimum atomic E-state index is -3.56. The van der Waals surface area contributed by atoms with Gasteiger partial charge in [-0.25, -0.2) is 8.42 Å². The number of rotatable bonds is 6. The molecule has 0 aliphatic rings. The number of hydrogen-bond acceptors (Lipinski definition) is 3. The predicted octanol–water partition coefficient (Wildman–Crippen LogP) is 2.42. The smallest absolute Gasteiger partial charge is 0.243 e. The zero-order valence-electron chi connectivity index (χ0n) is 14.1. The molecule has 0 heterocycles. The maximum Gasteiger partial charge on any atom is 0.243 e. The van der Waals surface area contributed by atoms with Gasteiger partial charge < -0.3 is 4.90 Å². The third-order valence-electron chi connectivity index (χ3n) is 3.75. The number of carbonyl (C=O) groups is 1. The Balaban J connectivity index is 2.18. The van der Waals surface area contributed by atoms with Gasteiger partial charge in [0.2, 0.25) is 15.9 Å². The van der Waals surface area contributed by atoms with E-state index in [1.807, 2.05) is 49.4 Å². The predicted molar refractivity (Wildman–Crippen MR) is 96.3 cm³/mol. The second-order valence-corrected chi connectivity index (χ2v) is 7.70. The van der Waals surface area contributed by atoms with Crippen LogP contribution in [0.25, 0.3) is 0 Å². The van der Waals surface area contributed by atoms with Gasteiger partial charge in [-0.2, -0.15) is 0 Å². The Morgan fingerprint density at radius 1 is 1.00 bits per heavy atom. The quantitative estimate of drug-likeness (QED) is 0.807. The SMILES string of the molecule is Cc1ccccc1N(CC(=O)N(C)Cc1ccccc1)S(C)(=O)=O. The zero-order chi connectivity index (χ0) is 17.7. The molecule has 128 valence electrons. The van der Waals surface area contributed by atoms with Gasteiger partial charge in [0.05, 0.1) is 11.9 Å². The fraction of sp³-hybridized carbons (Fsp3) is 0.278. The van der Waals surface area contributed by atoms with E-state index in [1.54, 1.807) is 19.2 Å². The number of benzene rings is 2. The van der Waals surface area contributed by atoms with Crippen LogP contribution >= 0.6 is 0 Å². The van der Waals surface area contributed by atoms with Gasteiger partial charge in [0.15, 0.2) is 0 Å². The molecule has 2 aromatic rings. The molecular formula is C18H22N2O3S. The van der Waals surface area contributed by atoms with Crippen LogP contribution in [0.1, 0.15) is 11.1 Å². The van der Waals surface area contributed by atoms with Crippen molar-refractivity contribution in [1.82, 2.24) is 4.90 Å². The third-order valence-corrected chi connectivity index (χ3v) is 4.88. The van der Waals surface area contributed by atoms with Crippen molar-refractivity contribution in [3.63, 3.8) is 0 Å². The van der Waals surface area contributed by atoms with Crippen LogP contribution in [0.3, 0.4) is 0 Å². The summed E-state index contributed by atoms with van der Waals surface area (Å²) in [5, 5.41) is 0. The summed E-state index contributed by atoms with van der Waals surface area (Å²) in [5.74, 6) is -0.257. The number of amides is 1. The first-order valence-electron chi connectivity index (χ1n) is 7.60. The lowest BCUT2D eigenvalue weighted by atomic mass is 10.2. The van der Waals surface area contributed by atoms with Crippen LogP contribution < -0.4 is 4.31 Å². The summed E-state index contributed by atoms with van der Waals surface area (Å²) < 4.78 is 25.5. The van der Waals surface area contributed by atoms with E-state index in [9.17, 15) is 13.2 Å². The van der Waals surface area contributed by atoms with E-state index >= 15 is 0 Å². The van der Waals surface area contributed by atoms with E-state index < -0.39 is 10.0 Å². The fourth-order valence-corrected chi connectivity index (χ4v) is 3.32. The minimum absolute atomic E-state index is 0.215. The van der Waals surface area contributed by atoms with E-state index in [4.69, 9.17) is 0 Å². The average molecular weight is 346 g/mol. The maximum atomic E-state index is 12.5. The van der Waals surface area contributed by atoms with E-state index in [2.05, 4.69) is 0 Å². The fourth-order valence-electron chi connectivity index (χ4n) is 2.41. The van der Waals surface area contributed by atoms with Crippen molar-refractivity contribution in [2.24, 2.45) is 0 Å². The maximum absolute atomic E-state index is 12.5. The van der Waals surface area contributed by atoms with E-state index in [-0.39, 0.29) is 12.5 Å². The van der Waals surface area contributed by atoms with Gasteiger partial charge >= 0.3 is 0 Å². The molecule has 24 heavy (non-hydrogen) atoms. The highest BCUT2D eigenvalue weighted by molar-refractivity contribution is 7.92. The van der Waals surface area contributed by atoms with Crippen molar-refractivity contribution in [1.29, 1.82) is 0 Å². The summed E-state index contributed by atoms with van der Waals surface area (Å²) in [6, 6.07) is 16.7. The van der Waals surface area contributed by atoms with Crippen LogP contribution in [-0.2, 0) is 21.4 Å². The highest BCUT2D eigenvalue weighted by Crippen LogP contribution is 2.22. The molecule has 0 unspecified atom stereocenters. The number of carbonyl (C=O) groups excluding carboxylic acids is 1. The van der Waals surface area contributed by atoms with Gasteiger partial charge in [-0.05, 0) is 24.1 Å². The molecule has 0 aliphatic carbocycles. The molecule has 0 aromatic heterocycles. The Morgan fingerprint density at radius 2 is 1.58 bits per heavy atom. The summed E-state index contributed by atoms with van der Waals surface area (Å²) in [6.07, 6.45) is 1.11. The zero-order valence-corrected chi connectivity index (χ0v) is 15.0. The topological polar surface area (TPSA) is 57.7 Å². The van der Waals surface area contributed by atoms with Crippen LogP contribution in [0.2, 0.25) is 0 Å². The first-order valence-corrected chi connectivity index (χ1v) is 9.45. The number of anilines is 1. The molecule has 0 bridgehead atoms. The first kappa shape index (κ1) is 18.0. The third kappa shape index (κ3) is 4.58. The number of hydrogen-bond donors (Lipinski definition) is 0. The summed E-state index contributed by atoms with van der Waals surface area (Å²) in [4.78, 5) is 14.0. The number of para-hydroxylation sites is 1. The molecule has 1 amide bonds. The highest BCUT2D eigenvalue weighted by atomic mass is 32.2. The minimum Gasteiger partial charge on any atom is -0.340 e. The lowest BCUT2D eigenvalue weighted by Gasteiger charge is -2.26. The Labute approximate surface area is 143 Å². The van der Waals surface area contributed by atoms with Gasteiger partial charge in [-0.15, -0.1) is 0 Å². The van der Waals surface area contributed by atoms with E-state index in [1.165, 1.54) is 4.90 Å². The monoisotopic (exact) mass is 346 g/mol. The molecule has 0 radical (unpaired) electrons. The van der Waals surface area contributed by atoms with Gasteiger partial charge in [0.1, 0.15) is 6.54 Å². The second kappa shape index (κ2) is 7.49. The van der Waals surface area contributed by atoms with Crippen molar-refractivity contribution in [3.8, 4) is 0 Å². The molecule has 0 fully saturated rings. The Hall–Kier alpha value is -2.34. The molecule has 0 N–H and O–H groups in total. The second-order valence-electron chi connectivity index (χ2n) is 5.79. The molecule has 2 rings (SSSR count). The number of likely N-dealkylation sites (N-methyl/N-ethyl adjacent to an activating group) is 1. The molecule has 0 aliphatic heterocycles. The van der Waals surface area contributed by atoms with Crippen LogP contribution in [0, 0.1) is 6.92 Å². The lowest BCUT2D eigenvalue weighted by Crippen LogP contribution is -2.41. The number of aryl methyl sites for hydroxylation is 1. The van der Waals surface area contributed by atoms with Crippen molar-refractivity contribution in [3.05, 3.63) is 65.7 Å². The van der Waals surface area contributed by atoms with Crippen molar-refractivity contribution < 1.29 is 13.2 Å². The average Bonchev–Trinajstić information content (AvgIpc) is 2.53. The Bertz CT molecular complexity index is 804. The number of sulfonamides is 1. The summed E-state index contributed by atoms with van der Waals surface area (Å²) in [6.45, 7) is 2.05. The Morgan fingerprint density at radius 3 is 2.17 bits per heavy atom. The lowest BCUT2D eigenvalue weighted by molar-refractivity contribution is -0.128. The molecule has 0 saturated carbocycles. The van der Waals surface area contributed by atoms with Crippen LogP contribution in [0.4, 0.5) is 5.69 Å². The van der Waals surface area contributed by atoms with E-state index in [0.29, 0.717) is 12.2 Å². The summed E-state index contributed by atoms with van der Waals surface area (Å²) in [7, 11) is -1.88. The van der Waals surface area contributed by atoms with Crippen molar-refractivity contribution in [2.45, 2.75) is 13.5 Å². The molecule has 6 heteroatoms. The van der Waals surface area contributed by atoms with Crippen LogP contribution in [0.5, 0.6) is 0 Å². The van der Waals surface area contributed by atoms with Gasteiger partial charge in [0, 0.05) is 13.6 Å². The molecule has 2 aromatic carbocycles. The van der Waals surface area contributed by atoms with Gasteiger partial charge in [0.25, 0.3) is 0 Å². The normalized spacial score (nSPS) is 11.1. The largest absolute Gasteiger partial charge is 0.340 e. The van der Waals surface area contributed by atoms with Gasteiger partial charge in [-0.3, -0.25) is 9.10 Å². The van der Waals surface area contributed by atoms with Crippen molar-refractivity contribution >= 4 is 21.6 Å². The Kier molecular flexibility index (Phi) is 5.62. The van der Waals surface area contributed by atoms with Crippen LogP contribution in [0.15, 0.2) is 54.6 Å². The summed E-state index contributed by atoms with van der Waals surface area (Å²) >= 11 is 0. The summed E-state index contributed by atoms with van der Waals surface area (Å²) in [5.41, 5.74) is 2.33. The molecule has 0 spiro atoms. The standard InChI is InChI=1S/C18H22N2O3S/c1-15-9-7-8-12-17(15)20(24(3,22)23)14-18(21)19(2)13-16-10-5-4-6-11-16/h4-12H,13-14H2,1-3H3. The molecule has 0 atom stereocenters. The first-order chi connectivity index (χ1) is 11.3. The molecule has 5 nitrogen and oxygen atoms in total. The van der Waals surface area contributed by atoms with Gasteiger partial charge in [-0.1, -0.05) is 48.5 Å².